The molecule has 88 valence electrons. The second-order valence-corrected chi connectivity index (χ2v) is 4.27. The Morgan fingerprint density at radius 1 is 1.50 bits per heavy atom. The van der Waals surface area contributed by atoms with Crippen LogP contribution in [0.3, 0.4) is 0 Å². The fourth-order valence-electron chi connectivity index (χ4n) is 2.11. The first-order chi connectivity index (χ1) is 7.79. The van der Waals surface area contributed by atoms with Gasteiger partial charge in [-0.05, 0) is 30.5 Å². The molecule has 1 aliphatic rings. The van der Waals surface area contributed by atoms with Gasteiger partial charge in [0.2, 0.25) is 0 Å². The van der Waals surface area contributed by atoms with Crippen LogP contribution in [0, 0.1) is 0 Å². The molecule has 0 aliphatic carbocycles. The monoisotopic (exact) mass is 221 g/mol. The van der Waals surface area contributed by atoms with E-state index in [0.717, 1.165) is 31.6 Å². The van der Waals surface area contributed by atoms with Crippen molar-refractivity contribution in [1.29, 1.82) is 0 Å². The molecule has 0 spiro atoms. The summed E-state index contributed by atoms with van der Waals surface area (Å²) in [5.41, 5.74) is 7.26. The van der Waals surface area contributed by atoms with E-state index in [2.05, 4.69) is 6.07 Å². The molecule has 1 saturated heterocycles. The predicted molar refractivity (Wildman–Crippen MR) is 63.6 cm³/mol. The topological polar surface area (TPSA) is 44.5 Å². The van der Waals surface area contributed by atoms with Crippen molar-refractivity contribution >= 4 is 0 Å². The first-order valence-electron chi connectivity index (χ1n) is 5.79. The zero-order valence-electron chi connectivity index (χ0n) is 9.69. The average molecular weight is 221 g/mol. The summed E-state index contributed by atoms with van der Waals surface area (Å²) in [7, 11) is 1.68. The minimum Gasteiger partial charge on any atom is -0.497 e. The van der Waals surface area contributed by atoms with E-state index in [1.54, 1.807) is 7.11 Å². The van der Waals surface area contributed by atoms with Gasteiger partial charge in [-0.3, -0.25) is 0 Å². The lowest BCUT2D eigenvalue weighted by atomic mass is 9.97. The standard InChI is InChI=1S/C13H19NO2/c1-15-11-5-2-4-10(8-11)9-13-12(14)6-3-7-16-13/h2,4-5,8,12-13H,3,6-7,9,14H2,1H3. The summed E-state index contributed by atoms with van der Waals surface area (Å²) in [4.78, 5) is 0. The zero-order chi connectivity index (χ0) is 11.4. The van der Waals surface area contributed by atoms with Gasteiger partial charge in [0.15, 0.2) is 0 Å². The van der Waals surface area contributed by atoms with Crippen LogP contribution in [-0.2, 0) is 11.2 Å². The second-order valence-electron chi connectivity index (χ2n) is 4.27. The van der Waals surface area contributed by atoms with Gasteiger partial charge in [-0.2, -0.15) is 0 Å². The molecule has 0 amide bonds. The quantitative estimate of drug-likeness (QED) is 0.845. The number of methoxy groups -OCH3 is 1. The van der Waals surface area contributed by atoms with Crippen LogP contribution < -0.4 is 10.5 Å². The largest absolute Gasteiger partial charge is 0.497 e. The summed E-state index contributed by atoms with van der Waals surface area (Å²) in [5, 5.41) is 0. The Morgan fingerprint density at radius 3 is 3.12 bits per heavy atom. The van der Waals surface area contributed by atoms with Crippen molar-refractivity contribution in [3.63, 3.8) is 0 Å². The molecular formula is C13H19NO2. The smallest absolute Gasteiger partial charge is 0.119 e. The number of rotatable bonds is 3. The molecule has 0 radical (unpaired) electrons. The third kappa shape index (κ3) is 2.74. The van der Waals surface area contributed by atoms with Crippen LogP contribution in [-0.4, -0.2) is 25.9 Å². The normalized spacial score (nSPS) is 25.4. The third-order valence-electron chi connectivity index (χ3n) is 3.06. The van der Waals surface area contributed by atoms with E-state index in [0.29, 0.717) is 0 Å². The molecule has 2 N–H and O–H groups in total. The van der Waals surface area contributed by atoms with Crippen molar-refractivity contribution in [2.75, 3.05) is 13.7 Å². The minimum atomic E-state index is 0.154. The van der Waals surface area contributed by atoms with Crippen LogP contribution in [0.25, 0.3) is 0 Å². The third-order valence-corrected chi connectivity index (χ3v) is 3.06. The maximum absolute atomic E-state index is 6.04. The maximum Gasteiger partial charge on any atom is 0.119 e. The first-order valence-corrected chi connectivity index (χ1v) is 5.79. The summed E-state index contributed by atoms with van der Waals surface area (Å²) in [5.74, 6) is 0.891. The summed E-state index contributed by atoms with van der Waals surface area (Å²) >= 11 is 0. The van der Waals surface area contributed by atoms with Crippen molar-refractivity contribution in [2.45, 2.75) is 31.4 Å². The van der Waals surface area contributed by atoms with E-state index in [4.69, 9.17) is 15.2 Å². The molecule has 2 rings (SSSR count). The Labute approximate surface area is 96.5 Å². The van der Waals surface area contributed by atoms with E-state index in [9.17, 15) is 0 Å². The lowest BCUT2D eigenvalue weighted by Gasteiger charge is -2.29. The van der Waals surface area contributed by atoms with Crippen LogP contribution in [0.5, 0.6) is 5.75 Å². The fraction of sp³-hybridized carbons (Fsp3) is 0.538. The zero-order valence-corrected chi connectivity index (χ0v) is 9.69. The molecule has 1 aliphatic heterocycles. The summed E-state index contributed by atoms with van der Waals surface area (Å²) in [6, 6.07) is 8.26. The number of hydrogen-bond acceptors (Lipinski definition) is 3. The molecule has 0 bridgehead atoms. The Bertz CT molecular complexity index is 340. The van der Waals surface area contributed by atoms with Crippen LogP contribution in [0.15, 0.2) is 24.3 Å². The van der Waals surface area contributed by atoms with E-state index in [1.807, 2.05) is 18.2 Å². The predicted octanol–water partition coefficient (Wildman–Crippen LogP) is 1.74. The molecule has 0 saturated carbocycles. The average Bonchev–Trinajstić information content (AvgIpc) is 2.32. The molecular weight excluding hydrogens is 202 g/mol. The van der Waals surface area contributed by atoms with Crippen LogP contribution in [0.4, 0.5) is 0 Å². The van der Waals surface area contributed by atoms with Crippen LogP contribution in [0.1, 0.15) is 18.4 Å². The van der Waals surface area contributed by atoms with Gasteiger partial charge < -0.3 is 15.2 Å². The number of nitrogens with two attached hydrogens (primary N) is 1. The molecule has 3 heteroatoms. The van der Waals surface area contributed by atoms with E-state index in [1.165, 1.54) is 5.56 Å². The van der Waals surface area contributed by atoms with Gasteiger partial charge in [0.1, 0.15) is 5.75 Å². The van der Waals surface area contributed by atoms with Crippen molar-refractivity contribution < 1.29 is 9.47 Å². The van der Waals surface area contributed by atoms with Gasteiger partial charge in [-0.25, -0.2) is 0 Å². The van der Waals surface area contributed by atoms with Crippen molar-refractivity contribution in [1.82, 2.24) is 0 Å². The van der Waals surface area contributed by atoms with Crippen LogP contribution >= 0.6 is 0 Å². The molecule has 1 fully saturated rings. The molecule has 1 aromatic rings. The van der Waals surface area contributed by atoms with Gasteiger partial charge in [0.05, 0.1) is 13.2 Å². The van der Waals surface area contributed by atoms with Crippen LogP contribution in [0.2, 0.25) is 0 Å². The van der Waals surface area contributed by atoms with Gasteiger partial charge in [0, 0.05) is 19.1 Å². The Kier molecular flexibility index (Phi) is 3.80. The molecule has 16 heavy (non-hydrogen) atoms. The molecule has 1 aromatic carbocycles. The lowest BCUT2D eigenvalue weighted by molar-refractivity contribution is 0.00228. The number of hydrogen-bond donors (Lipinski definition) is 1. The molecule has 2 unspecified atom stereocenters. The fourth-order valence-corrected chi connectivity index (χ4v) is 2.11. The van der Waals surface area contributed by atoms with E-state index < -0.39 is 0 Å². The molecule has 0 aromatic heterocycles. The highest BCUT2D eigenvalue weighted by Gasteiger charge is 2.22. The highest BCUT2D eigenvalue weighted by molar-refractivity contribution is 5.29. The summed E-state index contributed by atoms with van der Waals surface area (Å²) < 4.78 is 10.9. The molecule has 3 nitrogen and oxygen atoms in total. The minimum absolute atomic E-state index is 0.154. The van der Waals surface area contributed by atoms with Gasteiger partial charge in [-0.15, -0.1) is 0 Å². The van der Waals surface area contributed by atoms with Gasteiger partial charge in [0.25, 0.3) is 0 Å². The number of ether oxygens (including phenoxy) is 2. The SMILES string of the molecule is COc1cccc(CC2OCCCC2N)c1. The lowest BCUT2D eigenvalue weighted by Crippen LogP contribution is -2.41. The van der Waals surface area contributed by atoms with E-state index >= 15 is 0 Å². The van der Waals surface area contributed by atoms with Crippen molar-refractivity contribution in [2.24, 2.45) is 5.73 Å². The van der Waals surface area contributed by atoms with Gasteiger partial charge >= 0.3 is 0 Å². The second kappa shape index (κ2) is 5.32. The number of benzene rings is 1. The summed E-state index contributed by atoms with van der Waals surface area (Å²) in [6.45, 7) is 0.836. The molecule has 2 atom stereocenters. The highest BCUT2D eigenvalue weighted by atomic mass is 16.5. The van der Waals surface area contributed by atoms with E-state index in [-0.39, 0.29) is 12.1 Å². The van der Waals surface area contributed by atoms with Gasteiger partial charge in [-0.1, -0.05) is 12.1 Å². The molecule has 1 heterocycles. The van der Waals surface area contributed by atoms with Crippen molar-refractivity contribution in [3.8, 4) is 5.75 Å². The highest BCUT2D eigenvalue weighted by Crippen LogP contribution is 2.19. The Morgan fingerprint density at radius 2 is 2.38 bits per heavy atom. The van der Waals surface area contributed by atoms with Crippen molar-refractivity contribution in [3.05, 3.63) is 29.8 Å². The Hall–Kier alpha value is -1.06. The first kappa shape index (κ1) is 11.4. The maximum atomic E-state index is 6.04. The summed E-state index contributed by atoms with van der Waals surface area (Å²) in [6.07, 6.45) is 3.17. The Balaban J connectivity index is 2.01.